The molecule has 0 radical (unpaired) electrons. The summed E-state index contributed by atoms with van der Waals surface area (Å²) in [5.74, 6) is -0.815. The number of rotatable bonds is 8. The van der Waals surface area contributed by atoms with Crippen LogP contribution in [0, 0.1) is 5.92 Å². The highest BCUT2D eigenvalue weighted by molar-refractivity contribution is 8.10. The van der Waals surface area contributed by atoms with E-state index >= 15 is 0 Å². The minimum absolute atomic E-state index is 0.0782. The van der Waals surface area contributed by atoms with E-state index in [-0.39, 0.29) is 18.3 Å². The molecule has 2 atom stereocenters. The second-order valence-corrected chi connectivity index (χ2v) is 7.91. The third-order valence-corrected chi connectivity index (χ3v) is 6.54. The normalized spacial score (nSPS) is 15.5. The molecule has 8 heteroatoms. The molecule has 0 fully saturated rings. The van der Waals surface area contributed by atoms with Crippen molar-refractivity contribution in [1.82, 2.24) is 5.32 Å². The number of methoxy groups -OCH3 is 1. The summed E-state index contributed by atoms with van der Waals surface area (Å²) in [6.45, 7) is 0.928. The Morgan fingerprint density at radius 2 is 1.83 bits per heavy atom. The van der Waals surface area contributed by atoms with Crippen LogP contribution in [0.15, 0.2) is 0 Å². The molecule has 0 saturated carbocycles. The summed E-state index contributed by atoms with van der Waals surface area (Å²) in [6, 6.07) is -0.838. The molecule has 108 valence electrons. The van der Waals surface area contributed by atoms with E-state index in [1.165, 1.54) is 21.3 Å². The Kier molecular flexibility index (Phi) is 8.18. The van der Waals surface area contributed by atoms with Crippen LogP contribution in [0.3, 0.4) is 0 Å². The van der Waals surface area contributed by atoms with Gasteiger partial charge in [-0.3, -0.25) is 10.1 Å². The Bertz CT molecular complexity index is 305. The second kappa shape index (κ2) is 8.19. The first-order valence-corrected chi connectivity index (χ1v) is 8.22. The molecule has 2 N–H and O–H groups in total. The largest absolute Gasteiger partial charge is 0.468 e. The van der Waals surface area contributed by atoms with Gasteiger partial charge in [-0.05, 0) is 17.7 Å². The minimum atomic E-state index is -2.56. The van der Waals surface area contributed by atoms with Crippen molar-refractivity contribution in [1.29, 1.82) is 0 Å². The first-order chi connectivity index (χ1) is 8.36. The van der Waals surface area contributed by atoms with Gasteiger partial charge in [-0.2, -0.15) is 0 Å². The molecule has 0 heterocycles. The summed E-state index contributed by atoms with van der Waals surface area (Å²) in [5.41, 5.74) is 0. The van der Waals surface area contributed by atoms with E-state index in [0.29, 0.717) is 0 Å². The van der Waals surface area contributed by atoms with Gasteiger partial charge in [-0.1, -0.05) is 13.8 Å². The van der Waals surface area contributed by atoms with Gasteiger partial charge in [0.15, 0.2) is 0 Å². The molecule has 0 saturated heterocycles. The van der Waals surface area contributed by atoms with Crippen LogP contribution < -0.4 is 5.32 Å². The molecule has 0 bridgehead atoms. The van der Waals surface area contributed by atoms with E-state index < -0.39 is 18.5 Å². The number of hydrogen-bond donors (Lipinski definition) is 2. The van der Waals surface area contributed by atoms with E-state index in [4.69, 9.17) is 20.9 Å². The highest BCUT2D eigenvalue weighted by Gasteiger charge is 2.35. The van der Waals surface area contributed by atoms with Gasteiger partial charge in [-0.25, -0.2) is 0 Å². The first-order valence-electron chi connectivity index (χ1n) is 5.52. The zero-order chi connectivity index (χ0) is 14.3. The highest BCUT2D eigenvalue weighted by Crippen LogP contribution is 2.53. The molecule has 0 aliphatic carbocycles. The molecule has 0 aromatic carbocycles. The van der Waals surface area contributed by atoms with Gasteiger partial charge in [0.05, 0.1) is 19.5 Å². The lowest BCUT2D eigenvalue weighted by molar-refractivity contribution is -0.144. The Hall–Kier alpha value is -0.0400. The van der Waals surface area contributed by atoms with Crippen molar-refractivity contribution in [3.63, 3.8) is 0 Å². The summed E-state index contributed by atoms with van der Waals surface area (Å²) in [6.07, 6.45) is 0. The van der Waals surface area contributed by atoms with Crippen molar-refractivity contribution < 1.29 is 23.7 Å². The predicted molar refractivity (Wildman–Crippen MR) is 73.0 cm³/mol. The molecule has 18 heavy (non-hydrogen) atoms. The number of carbonyl (C=O) groups is 1. The van der Waals surface area contributed by atoms with Crippen molar-refractivity contribution in [2.75, 3.05) is 27.9 Å². The molecule has 0 aromatic rings. The number of nitrogens with one attached hydrogen (secondary N) is 1. The fourth-order valence-corrected chi connectivity index (χ4v) is 4.10. The van der Waals surface area contributed by atoms with E-state index in [0.717, 1.165) is 0 Å². The third-order valence-electron chi connectivity index (χ3n) is 2.52. The molecule has 0 amide bonds. The van der Waals surface area contributed by atoms with Gasteiger partial charge in [0, 0.05) is 14.2 Å². The average molecular weight is 299 g/mol. The topological polar surface area (TPSA) is 77.0 Å². The number of hydrogen-bond acceptors (Lipinski definition) is 7. The predicted octanol–water partition coefficient (Wildman–Crippen LogP) is 0.694. The lowest BCUT2D eigenvalue weighted by Crippen LogP contribution is -2.48. The van der Waals surface area contributed by atoms with Gasteiger partial charge >= 0.3 is 5.97 Å². The summed E-state index contributed by atoms with van der Waals surface area (Å²) < 4.78 is 15.2. The molecular formula is C10H22NO5PS. The Labute approximate surface area is 113 Å². The number of ether oxygens (including phenoxy) is 1. The van der Waals surface area contributed by atoms with Gasteiger partial charge in [0.1, 0.15) is 6.04 Å². The maximum Gasteiger partial charge on any atom is 0.325 e. The van der Waals surface area contributed by atoms with E-state index in [1.807, 2.05) is 13.8 Å². The van der Waals surface area contributed by atoms with E-state index in [2.05, 4.69) is 10.1 Å². The number of aliphatic hydroxyl groups is 1. The van der Waals surface area contributed by atoms with Crippen molar-refractivity contribution in [2.24, 2.45) is 5.92 Å². The lowest BCUT2D eigenvalue weighted by atomic mass is 10.2. The standard InChI is InChI=1S/C10H22NO5PS/c1-7(2)9(17(18,15-4)16-5)11-8(6-12)10(13)14-3/h7-9,11-12H,6H2,1-5H3/t8-,9-/m0/s1. The van der Waals surface area contributed by atoms with Gasteiger partial charge < -0.3 is 18.9 Å². The molecule has 0 aliphatic rings. The first kappa shape index (κ1) is 18.0. The molecule has 6 nitrogen and oxygen atoms in total. The van der Waals surface area contributed by atoms with Crippen LogP contribution in [-0.4, -0.2) is 50.8 Å². The van der Waals surface area contributed by atoms with Crippen molar-refractivity contribution in [3.8, 4) is 0 Å². The Balaban J connectivity index is 5.03. The average Bonchev–Trinajstić information content (AvgIpc) is 2.37. The smallest absolute Gasteiger partial charge is 0.325 e. The summed E-state index contributed by atoms with van der Waals surface area (Å²) >= 11 is 5.36. The zero-order valence-electron chi connectivity index (χ0n) is 11.4. The van der Waals surface area contributed by atoms with Crippen LogP contribution in [0.4, 0.5) is 0 Å². The fourth-order valence-electron chi connectivity index (χ4n) is 1.49. The summed E-state index contributed by atoms with van der Waals surface area (Å²) in [4.78, 5) is 11.5. The van der Waals surface area contributed by atoms with Gasteiger partial charge in [0.25, 0.3) is 0 Å². The molecule has 0 spiro atoms. The molecule has 0 aromatic heterocycles. The maximum atomic E-state index is 11.5. The lowest BCUT2D eigenvalue weighted by Gasteiger charge is -2.33. The van der Waals surface area contributed by atoms with E-state index in [9.17, 15) is 9.90 Å². The third kappa shape index (κ3) is 4.57. The van der Waals surface area contributed by atoms with Gasteiger partial charge in [-0.15, -0.1) is 0 Å². The van der Waals surface area contributed by atoms with E-state index in [1.54, 1.807) is 0 Å². The summed E-state index contributed by atoms with van der Waals surface area (Å²) in [5, 5.41) is 12.2. The Morgan fingerprint density at radius 3 is 2.11 bits per heavy atom. The van der Waals surface area contributed by atoms with Crippen LogP contribution in [0.25, 0.3) is 0 Å². The zero-order valence-corrected chi connectivity index (χ0v) is 13.1. The SMILES string of the molecule is COC(=O)[C@H](CO)N[C@H](C(C)C)P(=S)(OC)OC. The van der Waals surface area contributed by atoms with Crippen molar-refractivity contribution >= 4 is 24.3 Å². The van der Waals surface area contributed by atoms with Crippen molar-refractivity contribution in [2.45, 2.75) is 25.7 Å². The molecule has 0 unspecified atom stereocenters. The summed E-state index contributed by atoms with van der Waals surface area (Å²) in [7, 11) is 4.22. The van der Waals surface area contributed by atoms with Gasteiger partial charge in [0.2, 0.25) is 6.49 Å². The van der Waals surface area contributed by atoms with Crippen LogP contribution in [0.2, 0.25) is 0 Å². The van der Waals surface area contributed by atoms with Crippen molar-refractivity contribution in [3.05, 3.63) is 0 Å². The van der Waals surface area contributed by atoms with Crippen LogP contribution in [0.1, 0.15) is 13.8 Å². The highest BCUT2D eigenvalue weighted by atomic mass is 32.5. The maximum absolute atomic E-state index is 11.5. The molecule has 0 aliphatic heterocycles. The van der Waals surface area contributed by atoms with Crippen LogP contribution >= 0.6 is 6.49 Å². The molecule has 0 rings (SSSR count). The van der Waals surface area contributed by atoms with Crippen LogP contribution in [0.5, 0.6) is 0 Å². The quantitative estimate of drug-likeness (QED) is 0.504. The fraction of sp³-hybridized carbons (Fsp3) is 0.900. The Morgan fingerprint density at radius 1 is 1.33 bits per heavy atom. The number of aliphatic hydroxyl groups excluding tert-OH is 1. The molecular weight excluding hydrogens is 277 g/mol. The number of carbonyl (C=O) groups excluding carboxylic acids is 1. The second-order valence-electron chi connectivity index (χ2n) is 4.02. The minimum Gasteiger partial charge on any atom is -0.468 e. The van der Waals surface area contributed by atoms with Crippen LogP contribution in [-0.2, 0) is 30.4 Å². The number of esters is 1. The monoisotopic (exact) mass is 299 g/mol.